The maximum atomic E-state index is 13.2. The predicted octanol–water partition coefficient (Wildman–Crippen LogP) is 2.18. The first-order valence-electron chi connectivity index (χ1n) is 8.10. The molecule has 1 N–H and O–H groups in total. The first-order chi connectivity index (χ1) is 12.5. The number of carbonyl (C=O) groups excluding carboxylic acids is 2. The number of hydrogen-bond donors (Lipinski definition) is 1. The lowest BCUT2D eigenvalue weighted by molar-refractivity contribution is -0.162. The maximum Gasteiger partial charge on any atom is 0.251 e. The number of rotatable bonds is 4. The minimum absolute atomic E-state index is 0.129. The van der Waals surface area contributed by atoms with Crippen LogP contribution in [0.1, 0.15) is 17.2 Å². The van der Waals surface area contributed by atoms with Gasteiger partial charge in [0.2, 0.25) is 5.91 Å². The molecule has 0 aromatic heterocycles. The molecule has 1 aliphatic rings. The molecule has 1 aliphatic heterocycles. The van der Waals surface area contributed by atoms with Crippen LogP contribution in [0.3, 0.4) is 0 Å². The highest BCUT2D eigenvalue weighted by Gasteiger charge is 2.39. The highest BCUT2D eigenvalue weighted by molar-refractivity contribution is 5.86. The fourth-order valence-corrected chi connectivity index (χ4v) is 2.93. The smallest absolute Gasteiger partial charge is 0.251 e. The van der Waals surface area contributed by atoms with Gasteiger partial charge in [-0.1, -0.05) is 24.3 Å². The van der Waals surface area contributed by atoms with Gasteiger partial charge in [0.1, 0.15) is 18.2 Å². The van der Waals surface area contributed by atoms with Gasteiger partial charge in [0.05, 0.1) is 6.04 Å². The van der Waals surface area contributed by atoms with Gasteiger partial charge in [0, 0.05) is 13.6 Å². The maximum absolute atomic E-state index is 13.2. The van der Waals surface area contributed by atoms with E-state index in [2.05, 4.69) is 5.32 Å². The second-order valence-electron chi connectivity index (χ2n) is 6.08. The first kappa shape index (κ1) is 18.0. The average molecular weight is 360 g/mol. The number of benzene rings is 2. The molecule has 0 aliphatic carbocycles. The molecule has 1 saturated heterocycles. The number of nitrogens with one attached hydrogen (secondary N) is 1. The van der Waals surface area contributed by atoms with Crippen molar-refractivity contribution in [3.05, 3.63) is 71.3 Å². The van der Waals surface area contributed by atoms with Crippen LogP contribution < -0.4 is 5.32 Å². The first-order valence-corrected chi connectivity index (χ1v) is 8.10. The molecule has 2 atom stereocenters. The van der Waals surface area contributed by atoms with Gasteiger partial charge in [-0.2, -0.15) is 0 Å². The van der Waals surface area contributed by atoms with Crippen LogP contribution in [0.2, 0.25) is 0 Å². The zero-order chi connectivity index (χ0) is 18.7. The summed E-state index contributed by atoms with van der Waals surface area (Å²) in [6.45, 7) is -0.0868. The summed E-state index contributed by atoms with van der Waals surface area (Å²) in [6, 6.07) is 10.8. The van der Waals surface area contributed by atoms with Crippen molar-refractivity contribution < 1.29 is 23.1 Å². The molecule has 0 bridgehead atoms. The molecule has 1 fully saturated rings. The van der Waals surface area contributed by atoms with Crippen LogP contribution in [0.25, 0.3) is 0 Å². The number of morpholine rings is 1. The fourth-order valence-electron chi connectivity index (χ4n) is 2.93. The third-order valence-corrected chi connectivity index (χ3v) is 4.31. The van der Waals surface area contributed by atoms with E-state index in [1.807, 2.05) is 0 Å². The Bertz CT molecular complexity index is 811. The van der Waals surface area contributed by atoms with E-state index < -0.39 is 23.9 Å². The summed E-state index contributed by atoms with van der Waals surface area (Å²) >= 11 is 0. The predicted molar refractivity (Wildman–Crippen MR) is 89.9 cm³/mol. The van der Waals surface area contributed by atoms with Crippen molar-refractivity contribution in [3.63, 3.8) is 0 Å². The number of halogens is 2. The molecule has 5 nitrogen and oxygen atoms in total. The van der Waals surface area contributed by atoms with E-state index in [9.17, 15) is 18.4 Å². The van der Waals surface area contributed by atoms with E-state index in [4.69, 9.17) is 4.74 Å². The lowest BCUT2D eigenvalue weighted by Gasteiger charge is -2.38. The lowest BCUT2D eigenvalue weighted by Crippen LogP contribution is -2.52. The molecule has 0 saturated carbocycles. The topological polar surface area (TPSA) is 58.6 Å². The number of ether oxygens (including phenoxy) is 1. The highest BCUT2D eigenvalue weighted by atomic mass is 19.1. The number of amides is 2. The number of nitrogens with zero attached hydrogens (tertiary/aromatic N) is 1. The van der Waals surface area contributed by atoms with E-state index in [0.717, 1.165) is 0 Å². The standard InChI is InChI=1S/C19H18F2N2O3/c1-23-16(24)11-26-18(17(23)13-5-7-14(20)8-6-13)19(25)22-10-12-3-2-4-15(21)9-12/h2-9,17-18H,10-11H2,1H3,(H,22,25). The molecule has 2 aromatic rings. The Labute approximate surface area is 149 Å². The van der Waals surface area contributed by atoms with Crippen molar-refractivity contribution >= 4 is 11.8 Å². The molecule has 0 radical (unpaired) electrons. The van der Waals surface area contributed by atoms with Crippen LogP contribution in [-0.4, -0.2) is 36.5 Å². The summed E-state index contributed by atoms with van der Waals surface area (Å²) in [5.74, 6) is -1.50. The van der Waals surface area contributed by atoms with Crippen LogP contribution in [0.15, 0.2) is 48.5 Å². The number of carbonyl (C=O) groups is 2. The highest BCUT2D eigenvalue weighted by Crippen LogP contribution is 2.29. The summed E-state index contributed by atoms with van der Waals surface area (Å²) in [6.07, 6.45) is -0.947. The second kappa shape index (κ2) is 7.61. The third kappa shape index (κ3) is 3.88. The van der Waals surface area contributed by atoms with Gasteiger partial charge >= 0.3 is 0 Å². The van der Waals surface area contributed by atoms with Gasteiger partial charge in [-0.25, -0.2) is 8.78 Å². The minimum atomic E-state index is -0.947. The van der Waals surface area contributed by atoms with E-state index >= 15 is 0 Å². The third-order valence-electron chi connectivity index (χ3n) is 4.31. The Morgan fingerprint density at radius 1 is 1.19 bits per heavy atom. The van der Waals surface area contributed by atoms with Crippen molar-refractivity contribution in [3.8, 4) is 0 Å². The molecule has 3 rings (SSSR count). The van der Waals surface area contributed by atoms with Gasteiger partial charge in [-0.05, 0) is 35.4 Å². The van der Waals surface area contributed by atoms with Crippen molar-refractivity contribution in [1.82, 2.24) is 10.2 Å². The van der Waals surface area contributed by atoms with Crippen molar-refractivity contribution in [2.75, 3.05) is 13.7 Å². The van der Waals surface area contributed by atoms with Crippen molar-refractivity contribution in [1.29, 1.82) is 0 Å². The quantitative estimate of drug-likeness (QED) is 0.909. The second-order valence-corrected chi connectivity index (χ2v) is 6.08. The average Bonchev–Trinajstić information content (AvgIpc) is 2.63. The summed E-state index contributed by atoms with van der Waals surface area (Å²) in [5.41, 5.74) is 1.20. The lowest BCUT2D eigenvalue weighted by atomic mass is 9.97. The van der Waals surface area contributed by atoms with E-state index in [1.54, 1.807) is 19.2 Å². The molecule has 2 unspecified atom stereocenters. The Balaban J connectivity index is 1.77. The van der Waals surface area contributed by atoms with Crippen LogP contribution in [0, 0.1) is 11.6 Å². The fraction of sp³-hybridized carbons (Fsp3) is 0.263. The summed E-state index contributed by atoms with van der Waals surface area (Å²) in [7, 11) is 1.58. The number of likely N-dealkylation sites (N-methyl/N-ethyl adjacent to an activating group) is 1. The van der Waals surface area contributed by atoms with Crippen molar-refractivity contribution in [2.45, 2.75) is 18.7 Å². The molecular weight excluding hydrogens is 342 g/mol. The molecule has 2 aromatic carbocycles. The van der Waals surface area contributed by atoms with Crippen LogP contribution in [0.4, 0.5) is 8.78 Å². The van der Waals surface area contributed by atoms with Gasteiger partial charge < -0.3 is 15.0 Å². The van der Waals surface area contributed by atoms with Gasteiger partial charge in [0.25, 0.3) is 5.91 Å². The molecular formula is C19H18F2N2O3. The minimum Gasteiger partial charge on any atom is -0.356 e. The van der Waals surface area contributed by atoms with E-state index in [0.29, 0.717) is 11.1 Å². The zero-order valence-electron chi connectivity index (χ0n) is 14.1. The van der Waals surface area contributed by atoms with Crippen LogP contribution in [0.5, 0.6) is 0 Å². The molecule has 0 spiro atoms. The van der Waals surface area contributed by atoms with E-state index in [1.165, 1.54) is 41.3 Å². The molecule has 1 heterocycles. The summed E-state index contributed by atoms with van der Waals surface area (Å²) < 4.78 is 31.9. The Hall–Kier alpha value is -2.80. The Morgan fingerprint density at radius 3 is 2.62 bits per heavy atom. The van der Waals surface area contributed by atoms with Crippen LogP contribution in [-0.2, 0) is 20.9 Å². The van der Waals surface area contributed by atoms with Gasteiger partial charge in [0.15, 0.2) is 6.10 Å². The zero-order valence-corrected chi connectivity index (χ0v) is 14.1. The van der Waals surface area contributed by atoms with Crippen molar-refractivity contribution in [2.24, 2.45) is 0 Å². The SMILES string of the molecule is CN1C(=O)COC(C(=O)NCc2cccc(F)c2)C1c1ccc(F)cc1. The molecule has 26 heavy (non-hydrogen) atoms. The summed E-state index contributed by atoms with van der Waals surface area (Å²) in [4.78, 5) is 26.0. The van der Waals surface area contributed by atoms with Gasteiger partial charge in [-0.3, -0.25) is 9.59 Å². The Morgan fingerprint density at radius 2 is 1.92 bits per heavy atom. The van der Waals surface area contributed by atoms with Crippen LogP contribution >= 0.6 is 0 Å². The Kier molecular flexibility index (Phi) is 5.27. The molecule has 136 valence electrons. The molecule has 2 amide bonds. The monoisotopic (exact) mass is 360 g/mol. The van der Waals surface area contributed by atoms with E-state index in [-0.39, 0.29) is 24.9 Å². The normalized spacial score (nSPS) is 20.1. The molecule has 7 heteroatoms. The number of hydrogen-bond acceptors (Lipinski definition) is 3. The largest absolute Gasteiger partial charge is 0.356 e. The summed E-state index contributed by atoms with van der Waals surface area (Å²) in [5, 5.41) is 2.70. The van der Waals surface area contributed by atoms with Gasteiger partial charge in [-0.15, -0.1) is 0 Å².